The van der Waals surface area contributed by atoms with E-state index in [-0.39, 0.29) is 11.7 Å². The van der Waals surface area contributed by atoms with Crippen molar-refractivity contribution in [1.82, 2.24) is 0 Å². The summed E-state index contributed by atoms with van der Waals surface area (Å²) in [7, 11) is 1.45. The molecule has 1 aromatic carbocycles. The average molecular weight is 154 g/mol. The fraction of sp³-hybridized carbons (Fsp3) is 0.143. The van der Waals surface area contributed by atoms with Crippen LogP contribution in [0.4, 0.5) is 5.69 Å². The fourth-order valence-corrected chi connectivity index (χ4v) is 0.643. The largest absolute Gasteiger partial charge is 0.497 e. The summed E-state index contributed by atoms with van der Waals surface area (Å²) in [6.45, 7) is 0. The van der Waals surface area contributed by atoms with Crippen molar-refractivity contribution in [3.8, 4) is 5.75 Å². The number of ether oxygens (including phenoxy) is 1. The van der Waals surface area contributed by atoms with Crippen LogP contribution >= 0.6 is 0 Å². The molecule has 0 spiro atoms. The lowest BCUT2D eigenvalue weighted by Gasteiger charge is -1.96. The maximum atomic E-state index is 10.3. The van der Waals surface area contributed by atoms with Gasteiger partial charge in [0.05, 0.1) is 13.4 Å². The second-order valence-electron chi connectivity index (χ2n) is 1.87. The number of hydrogen-bond donors (Lipinski definition) is 0. The first kappa shape index (κ1) is 6.15. The summed E-state index contributed by atoms with van der Waals surface area (Å²) < 4.78 is 12.0. The van der Waals surface area contributed by atoms with Gasteiger partial charge >= 0.3 is 0 Å². The lowest BCUT2D eigenvalue weighted by atomic mass is 10.3. The Bertz CT molecular complexity index is 314. The topological polar surface area (TPSA) is 52.4 Å². The Kier molecular flexibility index (Phi) is 1.68. The maximum absolute atomic E-state index is 10.3. The molecule has 0 amide bonds. The van der Waals surface area contributed by atoms with Gasteiger partial charge in [-0.25, -0.2) is 0 Å². The molecule has 1 aromatic rings. The number of methoxy groups -OCH3 is 1. The number of rotatable bonds is 2. The number of nitro groups is 1. The predicted octanol–water partition coefficient (Wildman–Crippen LogP) is 1.60. The molecule has 0 radical (unpaired) electrons. The summed E-state index contributed by atoms with van der Waals surface area (Å²) in [5, 5.41) is 10.3. The Balaban J connectivity index is 3.12. The molecule has 0 bridgehead atoms. The zero-order valence-electron chi connectivity index (χ0n) is 6.90. The van der Waals surface area contributed by atoms with Gasteiger partial charge in [0, 0.05) is 12.1 Å². The number of nitrogens with zero attached hydrogens (tertiary/aromatic N) is 1. The van der Waals surface area contributed by atoms with E-state index in [1.807, 2.05) is 0 Å². The van der Waals surface area contributed by atoms with E-state index in [1.54, 1.807) is 0 Å². The van der Waals surface area contributed by atoms with Crippen LogP contribution in [0.15, 0.2) is 24.2 Å². The third-order valence-electron chi connectivity index (χ3n) is 1.20. The van der Waals surface area contributed by atoms with Crippen molar-refractivity contribution in [2.24, 2.45) is 0 Å². The van der Waals surface area contributed by atoms with Crippen LogP contribution in [0.2, 0.25) is 0 Å². The molecule has 0 atom stereocenters. The SMILES string of the molecule is [2H]c1cc(OC)ccc1[N+](=O)[O-]. The van der Waals surface area contributed by atoms with Crippen LogP contribution in [0.3, 0.4) is 0 Å². The van der Waals surface area contributed by atoms with Gasteiger partial charge in [-0.1, -0.05) is 0 Å². The molecular weight excluding hydrogens is 146 g/mol. The number of benzene rings is 1. The normalized spacial score (nSPS) is 10.5. The van der Waals surface area contributed by atoms with Crippen LogP contribution in [-0.4, -0.2) is 12.0 Å². The summed E-state index contributed by atoms with van der Waals surface area (Å²) >= 11 is 0. The van der Waals surface area contributed by atoms with Gasteiger partial charge in [-0.05, 0) is 12.1 Å². The first-order valence-corrected chi connectivity index (χ1v) is 2.94. The van der Waals surface area contributed by atoms with Gasteiger partial charge in [0.15, 0.2) is 0 Å². The molecule has 0 aliphatic heterocycles. The predicted molar refractivity (Wildman–Crippen MR) is 39.6 cm³/mol. The molecule has 0 saturated heterocycles. The van der Waals surface area contributed by atoms with Crippen molar-refractivity contribution >= 4 is 5.69 Å². The highest BCUT2D eigenvalue weighted by Gasteiger charge is 2.02. The molecule has 4 heteroatoms. The van der Waals surface area contributed by atoms with Gasteiger partial charge in [-0.15, -0.1) is 0 Å². The molecule has 0 aliphatic rings. The minimum atomic E-state index is -0.595. The van der Waals surface area contributed by atoms with Gasteiger partial charge in [0.2, 0.25) is 0 Å². The summed E-state index contributed by atoms with van der Waals surface area (Å²) in [5.74, 6) is 0.450. The smallest absolute Gasteiger partial charge is 0.269 e. The van der Waals surface area contributed by atoms with E-state index < -0.39 is 4.92 Å². The second kappa shape index (κ2) is 3.01. The third kappa shape index (κ3) is 1.67. The molecule has 0 unspecified atom stereocenters. The third-order valence-corrected chi connectivity index (χ3v) is 1.20. The highest BCUT2D eigenvalue weighted by atomic mass is 16.6. The highest BCUT2D eigenvalue weighted by Crippen LogP contribution is 2.16. The highest BCUT2D eigenvalue weighted by molar-refractivity contribution is 5.35. The van der Waals surface area contributed by atoms with Gasteiger partial charge in [0.25, 0.3) is 5.69 Å². The van der Waals surface area contributed by atoms with Gasteiger partial charge in [-0.2, -0.15) is 0 Å². The van der Waals surface area contributed by atoms with E-state index in [4.69, 9.17) is 6.11 Å². The standard InChI is InChI=1S/C7H7NO3/c1-11-7-4-2-6(3-5-7)8(9)10/h2-5H,1H3/i2D. The zero-order valence-corrected chi connectivity index (χ0v) is 5.90. The van der Waals surface area contributed by atoms with Crippen LogP contribution in [0, 0.1) is 10.1 Å². The average Bonchev–Trinajstić information content (AvgIpc) is 2.03. The van der Waals surface area contributed by atoms with E-state index >= 15 is 0 Å². The summed E-state index contributed by atoms with van der Waals surface area (Å²) in [5.41, 5.74) is -0.212. The van der Waals surface area contributed by atoms with E-state index in [2.05, 4.69) is 0 Å². The Morgan fingerprint density at radius 3 is 2.82 bits per heavy atom. The Hall–Kier alpha value is -1.58. The molecule has 0 heterocycles. The molecule has 0 saturated carbocycles. The van der Waals surface area contributed by atoms with Crippen molar-refractivity contribution in [2.75, 3.05) is 7.11 Å². The first-order chi connectivity index (χ1) is 5.65. The quantitative estimate of drug-likeness (QED) is 0.480. The van der Waals surface area contributed by atoms with Crippen molar-refractivity contribution in [3.63, 3.8) is 0 Å². The van der Waals surface area contributed by atoms with Crippen LogP contribution < -0.4 is 4.74 Å². The van der Waals surface area contributed by atoms with Crippen LogP contribution in [0.1, 0.15) is 1.37 Å². The minimum absolute atomic E-state index is 0.139. The molecule has 11 heavy (non-hydrogen) atoms. The minimum Gasteiger partial charge on any atom is -0.497 e. The lowest BCUT2D eigenvalue weighted by Crippen LogP contribution is -1.87. The molecule has 0 aromatic heterocycles. The van der Waals surface area contributed by atoms with Crippen molar-refractivity contribution in [1.29, 1.82) is 0 Å². The molecule has 0 N–H and O–H groups in total. The Morgan fingerprint density at radius 2 is 2.36 bits per heavy atom. The first-order valence-electron chi connectivity index (χ1n) is 3.44. The molecule has 58 valence electrons. The zero-order chi connectivity index (χ0) is 9.14. The van der Waals surface area contributed by atoms with Crippen LogP contribution in [0.5, 0.6) is 5.75 Å². The molecule has 4 nitrogen and oxygen atoms in total. The van der Waals surface area contributed by atoms with E-state index in [1.165, 1.54) is 25.3 Å². The summed E-state index contributed by atoms with van der Waals surface area (Å²) in [4.78, 5) is 9.67. The fourth-order valence-electron chi connectivity index (χ4n) is 0.643. The summed E-state index contributed by atoms with van der Waals surface area (Å²) in [6.07, 6.45) is 0. The summed E-state index contributed by atoms with van der Waals surface area (Å²) in [6, 6.07) is 3.87. The van der Waals surface area contributed by atoms with Gasteiger partial charge in [0.1, 0.15) is 5.75 Å². The maximum Gasteiger partial charge on any atom is 0.269 e. The van der Waals surface area contributed by atoms with Crippen LogP contribution in [0.25, 0.3) is 0 Å². The van der Waals surface area contributed by atoms with Crippen LogP contribution in [-0.2, 0) is 0 Å². The monoisotopic (exact) mass is 154 g/mol. The number of nitro benzene ring substituents is 1. The van der Waals surface area contributed by atoms with Gasteiger partial charge < -0.3 is 4.74 Å². The molecule has 1 rings (SSSR count). The van der Waals surface area contributed by atoms with Gasteiger partial charge in [-0.3, -0.25) is 10.1 Å². The molecule has 0 aliphatic carbocycles. The molecular formula is C7H7NO3. The lowest BCUT2D eigenvalue weighted by molar-refractivity contribution is -0.384. The van der Waals surface area contributed by atoms with Crippen molar-refractivity contribution in [3.05, 3.63) is 34.4 Å². The van der Waals surface area contributed by atoms with Crippen molar-refractivity contribution in [2.45, 2.75) is 0 Å². The molecule has 0 fully saturated rings. The van der Waals surface area contributed by atoms with E-state index in [0.29, 0.717) is 5.75 Å². The van der Waals surface area contributed by atoms with Crippen molar-refractivity contribution < 1.29 is 11.0 Å². The Morgan fingerprint density at radius 1 is 1.64 bits per heavy atom. The Labute approximate surface area is 65.0 Å². The van der Waals surface area contributed by atoms with E-state index in [0.717, 1.165) is 0 Å². The number of hydrogen-bond acceptors (Lipinski definition) is 3. The second-order valence-corrected chi connectivity index (χ2v) is 1.87. The van der Waals surface area contributed by atoms with E-state index in [9.17, 15) is 10.1 Å².